The van der Waals surface area contributed by atoms with Crippen molar-refractivity contribution in [3.63, 3.8) is 0 Å². The lowest BCUT2D eigenvalue weighted by Crippen LogP contribution is -2.08. The maximum absolute atomic E-state index is 13.3. The zero-order valence-electron chi connectivity index (χ0n) is 11.6. The molecule has 0 aliphatic heterocycles. The van der Waals surface area contributed by atoms with Crippen LogP contribution in [0.2, 0.25) is 5.02 Å². The average molecular weight is 304 g/mol. The predicted octanol–water partition coefficient (Wildman–Crippen LogP) is 4.46. The fourth-order valence-electron chi connectivity index (χ4n) is 2.45. The number of benzene rings is 2. The number of nitrogens with one attached hydrogen (secondary N) is 1. The van der Waals surface area contributed by atoms with Crippen molar-refractivity contribution in [1.82, 2.24) is 9.55 Å². The number of nitrogens with zero attached hydrogens (tertiary/aromatic N) is 2. The number of hydrogen-bond donors (Lipinski definition) is 1. The molecule has 0 aliphatic carbocycles. The van der Waals surface area contributed by atoms with E-state index >= 15 is 0 Å². The van der Waals surface area contributed by atoms with Crippen molar-refractivity contribution in [2.75, 3.05) is 5.32 Å². The summed E-state index contributed by atoms with van der Waals surface area (Å²) in [6.45, 7) is 3.43. The summed E-state index contributed by atoms with van der Waals surface area (Å²) in [6.07, 6.45) is 0. The molecular weight excluding hydrogens is 289 g/mol. The Kier molecular flexibility index (Phi) is 3.80. The topological polar surface area (TPSA) is 29.9 Å². The van der Waals surface area contributed by atoms with Gasteiger partial charge in [-0.3, -0.25) is 0 Å². The Balaban J connectivity index is 1.88. The van der Waals surface area contributed by atoms with Crippen LogP contribution >= 0.6 is 11.6 Å². The number of halogens is 2. The van der Waals surface area contributed by atoms with Gasteiger partial charge < -0.3 is 9.88 Å². The Hall–Kier alpha value is -2.07. The van der Waals surface area contributed by atoms with Crippen molar-refractivity contribution < 1.29 is 4.39 Å². The maximum Gasteiger partial charge on any atom is 0.129 e. The van der Waals surface area contributed by atoms with Gasteiger partial charge in [0, 0.05) is 17.3 Å². The van der Waals surface area contributed by atoms with Gasteiger partial charge in [0.1, 0.15) is 11.6 Å². The van der Waals surface area contributed by atoms with E-state index in [1.54, 1.807) is 6.07 Å². The van der Waals surface area contributed by atoms with Crippen molar-refractivity contribution in [2.24, 2.45) is 0 Å². The van der Waals surface area contributed by atoms with E-state index in [0.29, 0.717) is 17.3 Å². The lowest BCUT2D eigenvalue weighted by Gasteiger charge is -2.09. The van der Waals surface area contributed by atoms with Crippen molar-refractivity contribution in [1.29, 1.82) is 0 Å². The molecule has 0 unspecified atom stereocenters. The average Bonchev–Trinajstić information content (AvgIpc) is 2.81. The number of para-hydroxylation sites is 2. The van der Waals surface area contributed by atoms with Gasteiger partial charge >= 0.3 is 0 Å². The van der Waals surface area contributed by atoms with E-state index in [1.807, 2.05) is 24.3 Å². The standard InChI is InChI=1S/C16H15ClFN3/c1-2-21-15-6-4-3-5-14(15)20-16(21)10-19-13-8-11(17)7-12(18)9-13/h3-9,19H,2,10H2,1H3. The molecule has 2 aromatic carbocycles. The quantitative estimate of drug-likeness (QED) is 0.771. The summed E-state index contributed by atoms with van der Waals surface area (Å²) in [7, 11) is 0. The van der Waals surface area contributed by atoms with Crippen molar-refractivity contribution >= 4 is 28.3 Å². The largest absolute Gasteiger partial charge is 0.378 e. The molecule has 1 N–H and O–H groups in total. The smallest absolute Gasteiger partial charge is 0.129 e. The molecule has 1 heterocycles. The molecule has 0 atom stereocenters. The number of hydrogen-bond acceptors (Lipinski definition) is 2. The van der Waals surface area contributed by atoms with Gasteiger partial charge in [0.2, 0.25) is 0 Å². The minimum atomic E-state index is -0.353. The van der Waals surface area contributed by atoms with Gasteiger partial charge in [-0.25, -0.2) is 9.37 Å². The number of imidazole rings is 1. The molecule has 0 aliphatic rings. The summed E-state index contributed by atoms with van der Waals surface area (Å²) in [6, 6.07) is 12.4. The van der Waals surface area contributed by atoms with Crippen LogP contribution in [0.3, 0.4) is 0 Å². The second-order valence-electron chi connectivity index (χ2n) is 4.77. The van der Waals surface area contributed by atoms with E-state index in [0.717, 1.165) is 23.4 Å². The number of rotatable bonds is 4. The van der Waals surface area contributed by atoms with Crippen LogP contribution in [0, 0.1) is 5.82 Å². The minimum absolute atomic E-state index is 0.353. The molecule has 0 radical (unpaired) electrons. The lowest BCUT2D eigenvalue weighted by atomic mass is 10.3. The Morgan fingerprint density at radius 1 is 1.24 bits per heavy atom. The summed E-state index contributed by atoms with van der Waals surface area (Å²) in [4.78, 5) is 4.62. The van der Waals surface area contributed by atoms with Crippen LogP contribution in [0.4, 0.5) is 10.1 Å². The zero-order chi connectivity index (χ0) is 14.8. The summed E-state index contributed by atoms with van der Waals surface area (Å²) < 4.78 is 15.5. The maximum atomic E-state index is 13.3. The fourth-order valence-corrected chi connectivity index (χ4v) is 2.67. The first kappa shape index (κ1) is 13.9. The van der Waals surface area contributed by atoms with Gasteiger partial charge in [-0.05, 0) is 37.3 Å². The number of fused-ring (bicyclic) bond motifs is 1. The van der Waals surface area contributed by atoms with Crippen LogP contribution in [0.5, 0.6) is 0 Å². The molecule has 0 amide bonds. The van der Waals surface area contributed by atoms with E-state index in [4.69, 9.17) is 11.6 Å². The zero-order valence-corrected chi connectivity index (χ0v) is 12.4. The third-order valence-electron chi connectivity index (χ3n) is 3.36. The van der Waals surface area contributed by atoms with Crippen LogP contribution in [0.25, 0.3) is 11.0 Å². The Morgan fingerprint density at radius 3 is 2.81 bits per heavy atom. The molecule has 3 aromatic rings. The van der Waals surface area contributed by atoms with Crippen LogP contribution in [-0.4, -0.2) is 9.55 Å². The van der Waals surface area contributed by atoms with Crippen LogP contribution in [0.1, 0.15) is 12.7 Å². The second-order valence-corrected chi connectivity index (χ2v) is 5.21. The van der Waals surface area contributed by atoms with Gasteiger partial charge in [0.05, 0.1) is 17.6 Å². The van der Waals surface area contributed by atoms with Gasteiger partial charge in [-0.1, -0.05) is 23.7 Å². The van der Waals surface area contributed by atoms with Gasteiger partial charge in [-0.15, -0.1) is 0 Å². The highest BCUT2D eigenvalue weighted by molar-refractivity contribution is 6.30. The van der Waals surface area contributed by atoms with Crippen LogP contribution in [-0.2, 0) is 13.1 Å². The molecule has 3 nitrogen and oxygen atoms in total. The highest BCUT2D eigenvalue weighted by Gasteiger charge is 2.09. The van der Waals surface area contributed by atoms with Gasteiger partial charge in [0.25, 0.3) is 0 Å². The summed E-state index contributed by atoms with van der Waals surface area (Å²) in [5, 5.41) is 3.55. The van der Waals surface area contributed by atoms with Crippen LogP contribution < -0.4 is 5.32 Å². The molecule has 0 fully saturated rings. The molecular formula is C16H15ClFN3. The number of aromatic nitrogens is 2. The summed E-state index contributed by atoms with van der Waals surface area (Å²) in [5.74, 6) is 0.563. The van der Waals surface area contributed by atoms with Crippen molar-refractivity contribution in [3.05, 3.63) is 59.1 Å². The predicted molar refractivity (Wildman–Crippen MR) is 84.1 cm³/mol. The van der Waals surface area contributed by atoms with Gasteiger partial charge in [-0.2, -0.15) is 0 Å². The number of aryl methyl sites for hydroxylation is 1. The monoisotopic (exact) mass is 303 g/mol. The lowest BCUT2D eigenvalue weighted by molar-refractivity contribution is 0.628. The molecule has 3 rings (SSSR count). The molecule has 0 saturated heterocycles. The molecule has 1 aromatic heterocycles. The first-order valence-electron chi connectivity index (χ1n) is 6.81. The minimum Gasteiger partial charge on any atom is -0.378 e. The van der Waals surface area contributed by atoms with Crippen LogP contribution in [0.15, 0.2) is 42.5 Å². The normalized spacial score (nSPS) is 11.0. The van der Waals surface area contributed by atoms with E-state index in [-0.39, 0.29) is 5.82 Å². The number of anilines is 1. The van der Waals surface area contributed by atoms with Crippen molar-refractivity contribution in [2.45, 2.75) is 20.0 Å². The Bertz CT molecular complexity index is 762. The first-order valence-corrected chi connectivity index (χ1v) is 7.19. The van der Waals surface area contributed by atoms with E-state index < -0.39 is 0 Å². The van der Waals surface area contributed by atoms with Gasteiger partial charge in [0.15, 0.2) is 0 Å². The molecule has 0 bridgehead atoms. The summed E-state index contributed by atoms with van der Waals surface area (Å²) >= 11 is 5.85. The second kappa shape index (κ2) is 5.74. The third kappa shape index (κ3) is 2.85. The van der Waals surface area contributed by atoms with E-state index in [1.165, 1.54) is 12.1 Å². The Morgan fingerprint density at radius 2 is 2.05 bits per heavy atom. The molecule has 21 heavy (non-hydrogen) atoms. The highest BCUT2D eigenvalue weighted by Crippen LogP contribution is 2.20. The SMILES string of the molecule is CCn1c(CNc2cc(F)cc(Cl)c2)nc2ccccc21. The van der Waals surface area contributed by atoms with E-state index in [2.05, 4.69) is 21.8 Å². The molecule has 108 valence electrons. The third-order valence-corrected chi connectivity index (χ3v) is 3.58. The molecule has 5 heteroatoms. The van der Waals surface area contributed by atoms with Crippen molar-refractivity contribution in [3.8, 4) is 0 Å². The first-order chi connectivity index (χ1) is 10.2. The Labute approximate surface area is 127 Å². The summed E-state index contributed by atoms with van der Waals surface area (Å²) in [5.41, 5.74) is 2.72. The highest BCUT2D eigenvalue weighted by atomic mass is 35.5. The molecule has 0 saturated carbocycles. The fraction of sp³-hybridized carbons (Fsp3) is 0.188. The molecule has 0 spiro atoms. The van der Waals surface area contributed by atoms with E-state index in [9.17, 15) is 4.39 Å².